The molecule has 0 aliphatic carbocycles. The van der Waals surface area contributed by atoms with Gasteiger partial charge in [-0.15, -0.1) is 0 Å². The highest BCUT2D eigenvalue weighted by Gasteiger charge is 2.30. The summed E-state index contributed by atoms with van der Waals surface area (Å²) >= 11 is 0. The third-order valence-electron chi connectivity index (χ3n) is 18.8. The van der Waals surface area contributed by atoms with Crippen LogP contribution in [0.1, 0.15) is 426 Å². The maximum atomic E-state index is 13.1. The number of carbonyl (C=O) groups excluding carboxylic acids is 4. The molecule has 592 valence electrons. The normalized spacial score (nSPS) is 13.9. The van der Waals surface area contributed by atoms with E-state index in [0.29, 0.717) is 25.7 Å². The van der Waals surface area contributed by atoms with Gasteiger partial charge in [-0.2, -0.15) is 0 Å². The van der Waals surface area contributed by atoms with Crippen LogP contribution in [0.25, 0.3) is 0 Å². The summed E-state index contributed by atoms with van der Waals surface area (Å²) in [7, 11) is -9.92. The van der Waals surface area contributed by atoms with E-state index in [4.69, 9.17) is 37.0 Å². The molecule has 0 bridgehead atoms. The summed E-state index contributed by atoms with van der Waals surface area (Å²) in [4.78, 5) is 73.1. The lowest BCUT2D eigenvalue weighted by atomic mass is 10.0. The summed E-state index contributed by atoms with van der Waals surface area (Å²) in [6.45, 7) is 5.01. The Balaban J connectivity index is 5.28. The molecule has 19 heteroatoms. The molecule has 17 nitrogen and oxygen atoms in total. The van der Waals surface area contributed by atoms with Crippen molar-refractivity contribution in [2.75, 3.05) is 39.6 Å². The molecule has 0 aliphatic rings. The number of aliphatic hydroxyl groups excluding tert-OH is 1. The van der Waals surface area contributed by atoms with Crippen LogP contribution in [-0.4, -0.2) is 96.7 Å². The van der Waals surface area contributed by atoms with Crippen molar-refractivity contribution in [2.45, 2.75) is 444 Å². The summed E-state index contributed by atoms with van der Waals surface area (Å²) in [5, 5.41) is 10.6. The Kier molecular flexibility index (Phi) is 73.4. The third kappa shape index (κ3) is 74.1. The van der Waals surface area contributed by atoms with Crippen LogP contribution in [0.4, 0.5) is 0 Å². The number of hydrogen-bond donors (Lipinski definition) is 3. The van der Waals surface area contributed by atoms with Crippen molar-refractivity contribution in [3.05, 3.63) is 12.2 Å². The minimum Gasteiger partial charge on any atom is -0.462 e. The molecule has 0 aromatic heterocycles. The lowest BCUT2D eigenvalue weighted by Crippen LogP contribution is -2.30. The van der Waals surface area contributed by atoms with Crippen LogP contribution in [-0.2, 0) is 65.4 Å². The molecule has 0 saturated carbocycles. The Morgan fingerprint density at radius 1 is 0.270 bits per heavy atom. The van der Waals surface area contributed by atoms with E-state index in [2.05, 4.69) is 39.8 Å². The highest BCUT2D eigenvalue weighted by atomic mass is 31.2. The fourth-order valence-corrected chi connectivity index (χ4v) is 13.9. The maximum Gasteiger partial charge on any atom is 0.472 e. The van der Waals surface area contributed by atoms with E-state index in [1.807, 2.05) is 0 Å². The number of rotatable bonds is 81. The van der Waals surface area contributed by atoms with Crippen LogP contribution in [0.3, 0.4) is 0 Å². The van der Waals surface area contributed by atoms with E-state index >= 15 is 0 Å². The van der Waals surface area contributed by atoms with Crippen molar-refractivity contribution in [3.63, 3.8) is 0 Å². The molecule has 0 heterocycles. The first-order chi connectivity index (χ1) is 48.7. The average molecular weight is 1460 g/mol. The van der Waals surface area contributed by atoms with Gasteiger partial charge in [0.25, 0.3) is 0 Å². The minimum absolute atomic E-state index is 0.106. The van der Waals surface area contributed by atoms with E-state index in [1.54, 1.807) is 0 Å². The van der Waals surface area contributed by atoms with Gasteiger partial charge in [0.1, 0.15) is 19.3 Å². The van der Waals surface area contributed by atoms with Crippen molar-refractivity contribution >= 4 is 39.5 Å². The van der Waals surface area contributed by atoms with E-state index in [-0.39, 0.29) is 25.7 Å². The van der Waals surface area contributed by atoms with Crippen LogP contribution in [0.2, 0.25) is 0 Å². The van der Waals surface area contributed by atoms with Crippen molar-refractivity contribution in [1.29, 1.82) is 0 Å². The maximum absolute atomic E-state index is 13.1. The van der Waals surface area contributed by atoms with Crippen molar-refractivity contribution in [2.24, 2.45) is 0 Å². The lowest BCUT2D eigenvalue weighted by molar-refractivity contribution is -0.161. The van der Waals surface area contributed by atoms with E-state index in [1.165, 1.54) is 244 Å². The second-order valence-electron chi connectivity index (χ2n) is 28.8. The lowest BCUT2D eigenvalue weighted by Gasteiger charge is -2.21. The topological polar surface area (TPSA) is 237 Å². The smallest absolute Gasteiger partial charge is 0.462 e. The molecule has 100 heavy (non-hydrogen) atoms. The number of phosphoric acid groups is 2. The monoisotopic (exact) mass is 1460 g/mol. The standard InChI is InChI=1S/C81H156O17P2/c1-5-9-13-17-21-25-29-33-37-41-45-49-53-57-61-65-78(83)91-71-76(97-80(85)67-63-59-55-51-47-43-39-35-31-27-23-19-15-11-7-3)73-95-99(87,88)93-69-75(82)70-94-100(89,90)96-74-77(98-81(86)68-64-60-56-52-48-44-40-36-32-28-24-20-16-12-8-4)72-92-79(84)66-62-58-54-50-46-42-38-34-30-26-22-18-14-10-6-2/h25,29,75-77,82H,5-24,26-28,30-74H2,1-4H3,(H,87,88)(H,89,90)/b29-25-/t75-,76-,77-/m1/s1. The van der Waals surface area contributed by atoms with E-state index in [9.17, 15) is 43.2 Å². The first kappa shape index (κ1) is 97.8. The molecule has 0 amide bonds. The Hall–Kier alpha value is -2.20. The SMILES string of the molecule is CCCCCC/C=C\CCCCCCCCCC(=O)OC[C@H](COP(=O)(O)OC[C@@H](O)COP(=O)(O)OC[C@@H](COC(=O)CCCCCCCCCCCCCCCCC)OC(=O)CCCCCCCCCCCCCCCCC)OC(=O)CCCCCCCCCCCCCCCCC. The molecule has 0 aliphatic heterocycles. The zero-order valence-electron chi connectivity index (χ0n) is 64.9. The Labute approximate surface area is 612 Å². The first-order valence-electron chi connectivity index (χ1n) is 41.9. The zero-order chi connectivity index (χ0) is 73.2. The summed E-state index contributed by atoms with van der Waals surface area (Å²) in [6, 6.07) is 0. The fraction of sp³-hybridized carbons (Fsp3) is 0.926. The van der Waals surface area contributed by atoms with Crippen LogP contribution >= 0.6 is 15.6 Å². The quantitative estimate of drug-likeness (QED) is 0.0169. The highest BCUT2D eigenvalue weighted by Crippen LogP contribution is 2.45. The summed E-state index contributed by atoms with van der Waals surface area (Å²) in [6.07, 6.45) is 68.8. The van der Waals surface area contributed by atoms with Gasteiger partial charge in [0.15, 0.2) is 12.2 Å². The second-order valence-corrected chi connectivity index (χ2v) is 31.7. The fourth-order valence-electron chi connectivity index (χ4n) is 12.3. The average Bonchev–Trinajstić information content (AvgIpc) is 1.01. The predicted molar refractivity (Wildman–Crippen MR) is 409 cm³/mol. The van der Waals surface area contributed by atoms with Crippen LogP contribution in [0.5, 0.6) is 0 Å². The summed E-state index contributed by atoms with van der Waals surface area (Å²) in [5.74, 6) is -2.11. The molecule has 0 aromatic carbocycles. The van der Waals surface area contributed by atoms with Crippen LogP contribution in [0, 0.1) is 0 Å². The van der Waals surface area contributed by atoms with Crippen LogP contribution in [0.15, 0.2) is 12.2 Å². The van der Waals surface area contributed by atoms with Crippen molar-refractivity contribution in [3.8, 4) is 0 Å². The number of allylic oxidation sites excluding steroid dienone is 2. The van der Waals surface area contributed by atoms with Gasteiger partial charge >= 0.3 is 39.5 Å². The second kappa shape index (κ2) is 75.0. The molecule has 0 saturated heterocycles. The number of hydrogen-bond acceptors (Lipinski definition) is 15. The van der Waals surface area contributed by atoms with Gasteiger partial charge in [-0.25, -0.2) is 9.13 Å². The van der Waals surface area contributed by atoms with Gasteiger partial charge in [0, 0.05) is 25.7 Å². The molecule has 0 fully saturated rings. The number of ether oxygens (including phenoxy) is 4. The molecule has 0 aromatic rings. The predicted octanol–water partition coefficient (Wildman–Crippen LogP) is 24.3. The van der Waals surface area contributed by atoms with Gasteiger partial charge in [0.05, 0.1) is 26.4 Å². The molecular formula is C81H156O17P2. The number of unbranched alkanes of at least 4 members (excludes halogenated alkanes) is 53. The summed E-state index contributed by atoms with van der Waals surface area (Å²) < 4.78 is 68.8. The number of phosphoric ester groups is 2. The largest absolute Gasteiger partial charge is 0.472 e. The Morgan fingerprint density at radius 3 is 0.700 bits per heavy atom. The molecule has 3 N–H and O–H groups in total. The van der Waals surface area contributed by atoms with Crippen LogP contribution < -0.4 is 0 Å². The van der Waals surface area contributed by atoms with Crippen molar-refractivity contribution in [1.82, 2.24) is 0 Å². The van der Waals surface area contributed by atoms with Gasteiger partial charge in [0.2, 0.25) is 0 Å². The highest BCUT2D eigenvalue weighted by molar-refractivity contribution is 7.47. The van der Waals surface area contributed by atoms with Gasteiger partial charge in [-0.05, 0) is 51.4 Å². The molecule has 2 unspecified atom stereocenters. The minimum atomic E-state index is -4.96. The van der Waals surface area contributed by atoms with Crippen molar-refractivity contribution < 1.29 is 80.2 Å². The number of aliphatic hydroxyl groups is 1. The molecule has 0 spiro atoms. The Bertz CT molecular complexity index is 1940. The van der Waals surface area contributed by atoms with E-state index < -0.39 is 97.5 Å². The van der Waals surface area contributed by atoms with Gasteiger partial charge < -0.3 is 33.8 Å². The number of esters is 4. The third-order valence-corrected chi connectivity index (χ3v) is 20.7. The summed E-state index contributed by atoms with van der Waals surface area (Å²) in [5.41, 5.74) is 0. The molecular weight excluding hydrogens is 1310 g/mol. The first-order valence-corrected chi connectivity index (χ1v) is 44.9. The zero-order valence-corrected chi connectivity index (χ0v) is 66.7. The Morgan fingerprint density at radius 2 is 0.460 bits per heavy atom. The van der Waals surface area contributed by atoms with Gasteiger partial charge in [-0.1, -0.05) is 361 Å². The van der Waals surface area contributed by atoms with Gasteiger partial charge in [-0.3, -0.25) is 37.3 Å². The molecule has 0 rings (SSSR count). The number of carbonyl (C=O) groups is 4. The van der Waals surface area contributed by atoms with E-state index in [0.717, 1.165) is 103 Å². The molecule has 0 radical (unpaired) electrons. The molecule has 5 atom stereocenters.